The normalized spacial score (nSPS) is 44.8. The van der Waals surface area contributed by atoms with E-state index in [4.69, 9.17) is 14.2 Å². The minimum absolute atomic E-state index is 0.00484. The van der Waals surface area contributed by atoms with Crippen molar-refractivity contribution in [1.82, 2.24) is 0 Å². The molecule has 1 aromatic rings. The molecule has 192 valence electrons. The summed E-state index contributed by atoms with van der Waals surface area (Å²) in [7, 11) is 0. The molecule has 4 aliphatic carbocycles. The van der Waals surface area contributed by atoms with Crippen molar-refractivity contribution in [3.05, 3.63) is 35.9 Å². The Morgan fingerprint density at radius 3 is 2.49 bits per heavy atom. The van der Waals surface area contributed by atoms with Gasteiger partial charge in [-0.1, -0.05) is 32.0 Å². The van der Waals surface area contributed by atoms with E-state index < -0.39 is 5.79 Å². The molecule has 5 aliphatic rings. The van der Waals surface area contributed by atoms with Crippen molar-refractivity contribution in [1.29, 1.82) is 0 Å². The van der Waals surface area contributed by atoms with Gasteiger partial charge in [-0.25, -0.2) is 4.79 Å². The molecule has 1 N–H and O–H groups in total. The van der Waals surface area contributed by atoms with Crippen molar-refractivity contribution < 1.29 is 24.1 Å². The fourth-order valence-electron chi connectivity index (χ4n) is 9.76. The van der Waals surface area contributed by atoms with Crippen molar-refractivity contribution in [2.75, 3.05) is 13.2 Å². The quantitative estimate of drug-likeness (QED) is 0.568. The van der Waals surface area contributed by atoms with E-state index in [9.17, 15) is 9.90 Å². The number of aliphatic hydroxyl groups is 1. The number of fused-ring (bicyclic) bond motifs is 6. The zero-order chi connectivity index (χ0) is 24.4. The number of carbonyl (C=O) groups is 1. The Hall–Kier alpha value is -1.43. The van der Waals surface area contributed by atoms with Gasteiger partial charge in [0.2, 0.25) is 0 Å². The van der Waals surface area contributed by atoms with Crippen LogP contribution in [0.2, 0.25) is 0 Å². The topological polar surface area (TPSA) is 65.0 Å². The molecule has 1 spiro atoms. The SMILES string of the molecule is CC(O)C1CCC2C3CCC4CC(OC(=O)c5ccccc5)CCC4(C)C3CC3(OCCO3)C12C. The molecule has 0 bridgehead atoms. The van der Waals surface area contributed by atoms with Gasteiger partial charge in [-0.3, -0.25) is 0 Å². The molecule has 1 heterocycles. The van der Waals surface area contributed by atoms with Crippen LogP contribution in [0.15, 0.2) is 30.3 Å². The van der Waals surface area contributed by atoms with Crippen LogP contribution in [-0.2, 0) is 14.2 Å². The third-order valence-electron chi connectivity index (χ3n) is 11.5. The summed E-state index contributed by atoms with van der Waals surface area (Å²) in [6.45, 7) is 8.16. The Labute approximate surface area is 209 Å². The third kappa shape index (κ3) is 3.48. The van der Waals surface area contributed by atoms with Crippen LogP contribution in [0.4, 0.5) is 0 Å². The minimum atomic E-state index is -0.571. The molecule has 5 fully saturated rings. The maximum absolute atomic E-state index is 12.7. The molecule has 6 rings (SSSR count). The van der Waals surface area contributed by atoms with Crippen molar-refractivity contribution in [2.24, 2.45) is 40.4 Å². The van der Waals surface area contributed by atoms with E-state index in [1.165, 1.54) is 19.3 Å². The van der Waals surface area contributed by atoms with Gasteiger partial charge in [-0.05, 0) is 99.0 Å². The lowest BCUT2D eigenvalue weighted by molar-refractivity contribution is -0.315. The van der Waals surface area contributed by atoms with Crippen molar-refractivity contribution >= 4 is 5.97 Å². The van der Waals surface area contributed by atoms with Gasteiger partial charge in [0.05, 0.1) is 24.9 Å². The molecule has 35 heavy (non-hydrogen) atoms. The number of benzene rings is 1. The maximum atomic E-state index is 12.7. The number of rotatable bonds is 3. The molecule has 0 aromatic heterocycles. The van der Waals surface area contributed by atoms with E-state index >= 15 is 0 Å². The molecular formula is C30H42O5. The summed E-state index contributed by atoms with van der Waals surface area (Å²) < 4.78 is 19.2. The lowest BCUT2D eigenvalue weighted by atomic mass is 9.43. The third-order valence-corrected chi connectivity index (χ3v) is 11.5. The number of hydrogen-bond donors (Lipinski definition) is 1. The van der Waals surface area contributed by atoms with Gasteiger partial charge in [0.25, 0.3) is 0 Å². The number of aliphatic hydroxyl groups excluding tert-OH is 1. The van der Waals surface area contributed by atoms with E-state index in [0.717, 1.165) is 32.1 Å². The minimum Gasteiger partial charge on any atom is -0.459 e. The molecule has 9 unspecified atom stereocenters. The summed E-state index contributed by atoms with van der Waals surface area (Å²) in [6.07, 6.45) is 8.25. The zero-order valence-electron chi connectivity index (χ0n) is 21.6. The average Bonchev–Trinajstić information content (AvgIpc) is 3.47. The summed E-state index contributed by atoms with van der Waals surface area (Å²) in [6, 6.07) is 9.38. The highest BCUT2D eigenvalue weighted by Crippen LogP contribution is 2.71. The van der Waals surface area contributed by atoms with E-state index in [1.807, 2.05) is 37.3 Å². The predicted molar refractivity (Wildman–Crippen MR) is 133 cm³/mol. The van der Waals surface area contributed by atoms with Crippen LogP contribution in [0.1, 0.15) is 82.5 Å². The average molecular weight is 483 g/mol. The summed E-state index contributed by atoms with van der Waals surface area (Å²) in [5, 5.41) is 10.8. The van der Waals surface area contributed by atoms with Crippen LogP contribution >= 0.6 is 0 Å². The molecule has 5 nitrogen and oxygen atoms in total. The van der Waals surface area contributed by atoms with Gasteiger partial charge in [0.15, 0.2) is 5.79 Å². The van der Waals surface area contributed by atoms with Crippen molar-refractivity contribution in [3.8, 4) is 0 Å². The second-order valence-corrected chi connectivity index (χ2v) is 12.7. The first-order chi connectivity index (χ1) is 16.8. The summed E-state index contributed by atoms with van der Waals surface area (Å²) in [5.74, 6) is 1.77. The van der Waals surface area contributed by atoms with E-state index in [0.29, 0.717) is 42.4 Å². The Morgan fingerprint density at radius 1 is 1.03 bits per heavy atom. The molecule has 1 saturated heterocycles. The van der Waals surface area contributed by atoms with Crippen molar-refractivity contribution in [2.45, 2.75) is 90.1 Å². The summed E-state index contributed by atoms with van der Waals surface area (Å²) >= 11 is 0. The van der Waals surface area contributed by atoms with E-state index in [2.05, 4.69) is 13.8 Å². The van der Waals surface area contributed by atoms with Gasteiger partial charge >= 0.3 is 5.97 Å². The Balaban J connectivity index is 1.24. The lowest BCUT2D eigenvalue weighted by Gasteiger charge is -2.65. The van der Waals surface area contributed by atoms with Gasteiger partial charge in [0.1, 0.15) is 6.10 Å². The molecule has 0 radical (unpaired) electrons. The van der Waals surface area contributed by atoms with Gasteiger partial charge in [-0.15, -0.1) is 0 Å². The molecule has 1 aliphatic heterocycles. The lowest BCUT2D eigenvalue weighted by Crippen LogP contribution is -2.65. The van der Waals surface area contributed by atoms with Gasteiger partial charge in [-0.2, -0.15) is 0 Å². The van der Waals surface area contributed by atoms with Crippen LogP contribution in [0, 0.1) is 40.4 Å². The van der Waals surface area contributed by atoms with E-state index in [-0.39, 0.29) is 34.9 Å². The second-order valence-electron chi connectivity index (χ2n) is 12.7. The second kappa shape index (κ2) is 8.56. The highest BCUT2D eigenvalue weighted by Gasteiger charge is 2.71. The number of hydrogen-bond acceptors (Lipinski definition) is 5. The maximum Gasteiger partial charge on any atom is 0.338 e. The summed E-state index contributed by atoms with van der Waals surface area (Å²) in [4.78, 5) is 12.7. The standard InChI is InChI=1S/C30H42O5/c1-19(31)24-11-12-25-23-10-9-21-17-22(35-27(32)20-7-5-4-6-8-20)13-14-28(21,2)26(23)18-30(29(24,25)3)33-15-16-34-30/h4-8,19,21-26,31H,9-18H2,1-3H3. The summed E-state index contributed by atoms with van der Waals surface area (Å²) in [5.41, 5.74) is 0.720. The smallest absolute Gasteiger partial charge is 0.338 e. The van der Waals surface area contributed by atoms with Crippen LogP contribution in [-0.4, -0.2) is 42.3 Å². The number of carbonyl (C=O) groups excluding carboxylic acids is 1. The number of ether oxygens (including phenoxy) is 3. The van der Waals surface area contributed by atoms with Crippen LogP contribution < -0.4 is 0 Å². The molecule has 0 amide bonds. The predicted octanol–water partition coefficient (Wildman–Crippen LogP) is 5.60. The largest absolute Gasteiger partial charge is 0.459 e. The Morgan fingerprint density at radius 2 is 1.77 bits per heavy atom. The van der Waals surface area contributed by atoms with Crippen LogP contribution in [0.5, 0.6) is 0 Å². The van der Waals surface area contributed by atoms with Crippen LogP contribution in [0.25, 0.3) is 0 Å². The fourth-order valence-corrected chi connectivity index (χ4v) is 9.76. The number of esters is 1. The Kier molecular flexibility index (Phi) is 5.86. The first-order valence-electron chi connectivity index (χ1n) is 14.0. The van der Waals surface area contributed by atoms with Gasteiger partial charge in [0, 0.05) is 11.8 Å². The highest BCUT2D eigenvalue weighted by molar-refractivity contribution is 5.89. The Bertz CT molecular complexity index is 939. The molecule has 4 saturated carbocycles. The van der Waals surface area contributed by atoms with Gasteiger partial charge < -0.3 is 19.3 Å². The molecule has 1 aromatic carbocycles. The molecule has 9 atom stereocenters. The molecule has 5 heteroatoms. The fraction of sp³-hybridized carbons (Fsp3) is 0.767. The zero-order valence-corrected chi connectivity index (χ0v) is 21.6. The van der Waals surface area contributed by atoms with E-state index in [1.54, 1.807) is 0 Å². The first kappa shape index (κ1) is 23.9. The van der Waals surface area contributed by atoms with Crippen LogP contribution in [0.3, 0.4) is 0 Å². The monoisotopic (exact) mass is 482 g/mol. The highest BCUT2D eigenvalue weighted by atomic mass is 16.7. The first-order valence-corrected chi connectivity index (χ1v) is 14.0. The molecular weight excluding hydrogens is 440 g/mol. The van der Waals surface area contributed by atoms with Crippen molar-refractivity contribution in [3.63, 3.8) is 0 Å².